The van der Waals surface area contributed by atoms with Gasteiger partial charge in [-0.3, -0.25) is 0 Å². The van der Waals surface area contributed by atoms with Gasteiger partial charge in [0, 0.05) is 29.5 Å². The van der Waals surface area contributed by atoms with Crippen LogP contribution >= 0.6 is 0 Å². The van der Waals surface area contributed by atoms with Crippen molar-refractivity contribution in [3.05, 3.63) is 30.3 Å². The summed E-state index contributed by atoms with van der Waals surface area (Å²) in [6, 6.07) is 10.6. The van der Waals surface area contributed by atoms with Gasteiger partial charge in [-0.15, -0.1) is 0 Å². The lowest BCUT2D eigenvalue weighted by Gasteiger charge is -2.19. The lowest BCUT2D eigenvalue weighted by Crippen LogP contribution is -2.17. The summed E-state index contributed by atoms with van der Waals surface area (Å²) in [6.45, 7) is 2.23. The van der Waals surface area contributed by atoms with Crippen molar-refractivity contribution in [2.24, 2.45) is 0 Å². The molecular formula is C15H15N3O. The van der Waals surface area contributed by atoms with Crippen molar-refractivity contribution < 1.29 is 4.42 Å². The van der Waals surface area contributed by atoms with E-state index in [1.54, 1.807) is 0 Å². The number of hydrogen-bond acceptors (Lipinski definition) is 4. The molecule has 4 heteroatoms. The number of oxazole rings is 1. The number of nitrogens with zero attached hydrogens (tertiary/aromatic N) is 2. The van der Waals surface area contributed by atoms with Gasteiger partial charge in [0.05, 0.1) is 0 Å². The highest BCUT2D eigenvalue weighted by atomic mass is 16.4. The number of anilines is 2. The van der Waals surface area contributed by atoms with E-state index in [1.165, 1.54) is 23.9 Å². The van der Waals surface area contributed by atoms with Crippen LogP contribution in [0.15, 0.2) is 34.7 Å². The van der Waals surface area contributed by atoms with Crippen LogP contribution in [0, 0.1) is 0 Å². The lowest BCUT2D eigenvalue weighted by atomic mass is 10.1. The maximum absolute atomic E-state index is 5.69. The first-order chi connectivity index (χ1) is 9.33. The van der Waals surface area contributed by atoms with Crippen molar-refractivity contribution in [3.63, 3.8) is 0 Å². The summed E-state index contributed by atoms with van der Waals surface area (Å²) in [5, 5.41) is 2.30. The van der Waals surface area contributed by atoms with E-state index >= 15 is 0 Å². The standard InChI is InChI=1S/C15H15N3O/c16-15-17-12-9-13(18-7-3-4-8-18)10-5-1-2-6-11(10)14(12)19-15/h1-2,5-6,9H,3-4,7-8H2,(H2,16,17). The molecule has 2 aromatic carbocycles. The van der Waals surface area contributed by atoms with Crippen LogP contribution in [0.25, 0.3) is 21.9 Å². The third kappa shape index (κ3) is 1.56. The predicted molar refractivity (Wildman–Crippen MR) is 77.4 cm³/mol. The Labute approximate surface area is 110 Å². The number of fused-ring (bicyclic) bond motifs is 3. The topological polar surface area (TPSA) is 55.3 Å². The summed E-state index contributed by atoms with van der Waals surface area (Å²) in [5.74, 6) is 0. The van der Waals surface area contributed by atoms with Crippen LogP contribution in [-0.4, -0.2) is 18.1 Å². The molecule has 2 heterocycles. The minimum atomic E-state index is 0.235. The van der Waals surface area contributed by atoms with E-state index in [-0.39, 0.29) is 6.01 Å². The van der Waals surface area contributed by atoms with Crippen LogP contribution < -0.4 is 10.6 Å². The monoisotopic (exact) mass is 253 g/mol. The van der Waals surface area contributed by atoms with Crippen molar-refractivity contribution in [3.8, 4) is 0 Å². The van der Waals surface area contributed by atoms with Gasteiger partial charge in [0.2, 0.25) is 0 Å². The second-order valence-electron chi connectivity index (χ2n) is 5.04. The number of nitrogens with two attached hydrogens (primary N) is 1. The number of hydrogen-bond donors (Lipinski definition) is 1. The molecule has 0 spiro atoms. The third-order valence-electron chi connectivity index (χ3n) is 3.84. The maximum atomic E-state index is 5.69. The Balaban J connectivity index is 2.08. The average molecular weight is 253 g/mol. The van der Waals surface area contributed by atoms with Crippen molar-refractivity contribution in [1.29, 1.82) is 0 Å². The van der Waals surface area contributed by atoms with Gasteiger partial charge in [-0.1, -0.05) is 24.3 Å². The van der Waals surface area contributed by atoms with E-state index in [1.807, 2.05) is 6.07 Å². The molecular weight excluding hydrogens is 238 g/mol. The molecule has 0 atom stereocenters. The van der Waals surface area contributed by atoms with Crippen molar-refractivity contribution in [2.45, 2.75) is 12.8 Å². The smallest absolute Gasteiger partial charge is 0.293 e. The Bertz CT molecular complexity index is 757. The van der Waals surface area contributed by atoms with Crippen LogP contribution in [0.2, 0.25) is 0 Å². The Morgan fingerprint density at radius 1 is 1.11 bits per heavy atom. The first-order valence-corrected chi connectivity index (χ1v) is 6.65. The summed E-state index contributed by atoms with van der Waals surface area (Å²) in [6.07, 6.45) is 2.51. The molecule has 96 valence electrons. The predicted octanol–water partition coefficient (Wildman–Crippen LogP) is 3.16. The zero-order valence-electron chi connectivity index (χ0n) is 10.6. The molecule has 1 fully saturated rings. The molecule has 0 unspecified atom stereocenters. The minimum Gasteiger partial charge on any atom is -0.423 e. The Morgan fingerprint density at radius 3 is 2.63 bits per heavy atom. The van der Waals surface area contributed by atoms with E-state index in [0.717, 1.165) is 29.6 Å². The molecule has 0 amide bonds. The average Bonchev–Trinajstić information content (AvgIpc) is 3.05. The van der Waals surface area contributed by atoms with Crippen LogP contribution in [0.4, 0.5) is 11.7 Å². The van der Waals surface area contributed by atoms with Gasteiger partial charge in [0.1, 0.15) is 5.52 Å². The van der Waals surface area contributed by atoms with E-state index in [0.29, 0.717) is 0 Å². The van der Waals surface area contributed by atoms with Crippen molar-refractivity contribution >= 4 is 33.6 Å². The molecule has 2 N–H and O–H groups in total. The second kappa shape index (κ2) is 3.88. The fourth-order valence-electron chi connectivity index (χ4n) is 2.97. The molecule has 0 radical (unpaired) electrons. The summed E-state index contributed by atoms with van der Waals surface area (Å²) in [4.78, 5) is 6.70. The van der Waals surface area contributed by atoms with Gasteiger partial charge in [-0.2, -0.15) is 4.98 Å². The Hall–Kier alpha value is -2.23. The zero-order valence-corrected chi connectivity index (χ0v) is 10.6. The summed E-state index contributed by atoms with van der Waals surface area (Å²) >= 11 is 0. The van der Waals surface area contributed by atoms with E-state index in [9.17, 15) is 0 Å². The van der Waals surface area contributed by atoms with Gasteiger partial charge in [-0.05, 0) is 18.9 Å². The highest BCUT2D eigenvalue weighted by Crippen LogP contribution is 2.35. The Kier molecular flexibility index (Phi) is 2.18. The third-order valence-corrected chi connectivity index (χ3v) is 3.84. The largest absolute Gasteiger partial charge is 0.423 e. The van der Waals surface area contributed by atoms with Crippen LogP contribution in [0.5, 0.6) is 0 Å². The first kappa shape index (κ1) is 10.7. The number of nitrogen functional groups attached to an aromatic ring is 1. The number of rotatable bonds is 1. The van der Waals surface area contributed by atoms with Gasteiger partial charge in [0.25, 0.3) is 6.01 Å². The quantitative estimate of drug-likeness (QED) is 0.723. The first-order valence-electron chi connectivity index (χ1n) is 6.65. The number of benzene rings is 2. The zero-order chi connectivity index (χ0) is 12.8. The molecule has 0 saturated carbocycles. The van der Waals surface area contributed by atoms with Gasteiger partial charge in [-0.25, -0.2) is 0 Å². The molecule has 1 aliphatic rings. The van der Waals surface area contributed by atoms with Crippen LogP contribution in [0.3, 0.4) is 0 Å². The normalized spacial score (nSPS) is 15.7. The van der Waals surface area contributed by atoms with Crippen molar-refractivity contribution in [2.75, 3.05) is 23.7 Å². The Morgan fingerprint density at radius 2 is 1.84 bits per heavy atom. The van der Waals surface area contributed by atoms with Gasteiger partial charge >= 0.3 is 0 Å². The van der Waals surface area contributed by atoms with E-state index in [2.05, 4.69) is 34.1 Å². The molecule has 1 aromatic heterocycles. The number of aromatic nitrogens is 1. The van der Waals surface area contributed by atoms with E-state index in [4.69, 9.17) is 10.2 Å². The van der Waals surface area contributed by atoms with Crippen LogP contribution in [0.1, 0.15) is 12.8 Å². The van der Waals surface area contributed by atoms with Crippen molar-refractivity contribution in [1.82, 2.24) is 4.98 Å². The summed E-state index contributed by atoms with van der Waals surface area (Å²) < 4.78 is 5.55. The molecule has 3 aromatic rings. The fourth-order valence-corrected chi connectivity index (χ4v) is 2.97. The molecule has 1 saturated heterocycles. The maximum Gasteiger partial charge on any atom is 0.293 e. The minimum absolute atomic E-state index is 0.235. The lowest BCUT2D eigenvalue weighted by molar-refractivity contribution is 0.629. The molecule has 4 rings (SSSR count). The highest BCUT2D eigenvalue weighted by Gasteiger charge is 2.18. The van der Waals surface area contributed by atoms with E-state index < -0.39 is 0 Å². The SMILES string of the molecule is Nc1nc2cc(N3CCCC3)c3ccccc3c2o1. The molecule has 0 aliphatic carbocycles. The van der Waals surface area contributed by atoms with Gasteiger partial charge in [0.15, 0.2) is 5.58 Å². The molecule has 1 aliphatic heterocycles. The summed E-state index contributed by atoms with van der Waals surface area (Å²) in [5.41, 5.74) is 8.57. The van der Waals surface area contributed by atoms with Gasteiger partial charge < -0.3 is 15.1 Å². The fraction of sp³-hybridized carbons (Fsp3) is 0.267. The van der Waals surface area contributed by atoms with Crippen LogP contribution in [-0.2, 0) is 0 Å². The molecule has 0 bridgehead atoms. The summed E-state index contributed by atoms with van der Waals surface area (Å²) in [7, 11) is 0. The molecule has 19 heavy (non-hydrogen) atoms. The second-order valence-corrected chi connectivity index (χ2v) is 5.04. The molecule has 4 nitrogen and oxygen atoms in total. The highest BCUT2D eigenvalue weighted by molar-refractivity contribution is 6.09.